The van der Waals surface area contributed by atoms with Crippen molar-refractivity contribution >= 4 is 28.6 Å². The van der Waals surface area contributed by atoms with Gasteiger partial charge in [-0.3, -0.25) is 39.9 Å². The lowest BCUT2D eigenvalue weighted by Gasteiger charge is -2.05. The molecule has 2 aromatic carbocycles. The van der Waals surface area contributed by atoms with Gasteiger partial charge in [-0.25, -0.2) is 0 Å². The number of nitrogens with zero attached hydrogens (tertiary/aromatic N) is 3. The van der Waals surface area contributed by atoms with Crippen molar-refractivity contribution in [3.8, 4) is 11.5 Å². The number of carbonyl (C=O) groups is 2. The Kier molecular flexibility index (Phi) is 9.94. The molecule has 0 aliphatic rings. The summed E-state index contributed by atoms with van der Waals surface area (Å²) in [6, 6.07) is 5.94. The molecule has 0 atom stereocenters. The van der Waals surface area contributed by atoms with Crippen molar-refractivity contribution in [2.45, 2.75) is 40.5 Å². The number of hydrogen-bond donors (Lipinski definition) is 2. The van der Waals surface area contributed by atoms with Crippen LogP contribution < -0.4 is 0 Å². The van der Waals surface area contributed by atoms with Gasteiger partial charge < -0.3 is 10.2 Å². The zero-order chi connectivity index (χ0) is 27.0. The predicted octanol–water partition coefficient (Wildman–Crippen LogP) is 4.04. The van der Waals surface area contributed by atoms with E-state index in [-0.39, 0.29) is 53.2 Å². The number of benzene rings is 2. The predicted molar refractivity (Wildman–Crippen MR) is 123 cm³/mol. The van der Waals surface area contributed by atoms with Crippen molar-refractivity contribution < 1.29 is 34.6 Å². The minimum atomic E-state index is -1.00. The molecule has 0 radical (unpaired) electrons. The van der Waals surface area contributed by atoms with Crippen molar-refractivity contribution in [2.75, 3.05) is 0 Å². The smallest absolute Gasteiger partial charge is 0.318 e. The molecule has 0 unspecified atom stereocenters. The normalized spacial score (nSPS) is 10.5. The lowest BCUT2D eigenvalue weighted by molar-refractivity contribution is -0.396. The van der Waals surface area contributed by atoms with E-state index in [0.717, 1.165) is 12.1 Å². The third-order valence-electron chi connectivity index (χ3n) is 4.80. The number of nitro groups is 3. The van der Waals surface area contributed by atoms with Crippen LogP contribution in [0.2, 0.25) is 0 Å². The summed E-state index contributed by atoms with van der Waals surface area (Å²) >= 11 is 0. The Hall–Kier alpha value is -4.42. The summed E-state index contributed by atoms with van der Waals surface area (Å²) < 4.78 is 0. The molecule has 0 aliphatic heterocycles. The quantitative estimate of drug-likeness (QED) is 0.380. The Bertz CT molecular complexity index is 1120. The number of nitro benzene ring substituents is 3. The summed E-state index contributed by atoms with van der Waals surface area (Å²) in [5, 5.41) is 50.6. The molecule has 2 rings (SSSR count). The topological polar surface area (TPSA) is 204 Å². The number of carbonyl (C=O) groups excluding carboxylic acids is 2. The zero-order valence-electron chi connectivity index (χ0n) is 19.5. The first-order valence-corrected chi connectivity index (χ1v) is 10.3. The third kappa shape index (κ3) is 8.14. The van der Waals surface area contributed by atoms with Gasteiger partial charge in [-0.05, 0) is 17.2 Å². The molecule has 13 heteroatoms. The van der Waals surface area contributed by atoms with Gasteiger partial charge in [-0.2, -0.15) is 0 Å². The molecule has 0 saturated carbocycles. The van der Waals surface area contributed by atoms with E-state index < -0.39 is 31.9 Å². The van der Waals surface area contributed by atoms with Gasteiger partial charge in [-0.15, -0.1) is 0 Å². The molecule has 0 aliphatic carbocycles. The molecule has 0 spiro atoms. The number of ketones is 2. The molecule has 0 saturated heterocycles. The van der Waals surface area contributed by atoms with Crippen molar-refractivity contribution in [2.24, 2.45) is 11.8 Å². The monoisotopic (exact) mass is 491 g/mol. The van der Waals surface area contributed by atoms with Gasteiger partial charge in [-0.1, -0.05) is 33.8 Å². The lowest BCUT2D eigenvalue weighted by atomic mass is 10.00. The van der Waals surface area contributed by atoms with Crippen molar-refractivity contribution in [1.29, 1.82) is 0 Å². The molecule has 2 aromatic rings. The van der Waals surface area contributed by atoms with Crippen LogP contribution in [0.1, 0.15) is 38.8 Å². The van der Waals surface area contributed by atoms with E-state index in [1.807, 2.05) is 0 Å². The molecule has 35 heavy (non-hydrogen) atoms. The van der Waals surface area contributed by atoms with E-state index in [9.17, 15) is 50.1 Å². The molecule has 0 bridgehead atoms. The maximum absolute atomic E-state index is 11.6. The van der Waals surface area contributed by atoms with Crippen LogP contribution in [0.5, 0.6) is 11.5 Å². The number of Topliss-reactive ketones (excluding diaryl/α,β-unsaturated/α-hetero) is 2. The van der Waals surface area contributed by atoms with Gasteiger partial charge in [0.05, 0.1) is 14.8 Å². The SMILES string of the molecule is CC(C)C(=O)Cc1cc([N+](=O)[O-])c(O)c([N+](=O)[O-])c1.CC(C)C(=O)Cc1ccc(O)c([N+](=O)[O-])c1. The molecule has 2 N–H and O–H groups in total. The Morgan fingerprint density at radius 3 is 1.46 bits per heavy atom. The first kappa shape index (κ1) is 28.6. The fraction of sp³-hybridized carbons (Fsp3) is 0.364. The van der Waals surface area contributed by atoms with Crippen LogP contribution in [0.4, 0.5) is 17.1 Å². The second-order valence-electron chi connectivity index (χ2n) is 8.17. The number of rotatable bonds is 9. The summed E-state index contributed by atoms with van der Waals surface area (Å²) in [5.74, 6) is -1.96. The fourth-order valence-corrected chi connectivity index (χ4v) is 2.68. The maximum atomic E-state index is 11.6. The molecule has 0 amide bonds. The molecule has 0 aromatic heterocycles. The summed E-state index contributed by atoms with van der Waals surface area (Å²) in [4.78, 5) is 52.5. The number of aromatic hydroxyl groups is 2. The van der Waals surface area contributed by atoms with Gasteiger partial charge >= 0.3 is 17.1 Å². The minimum Gasteiger partial charge on any atom is -0.502 e. The van der Waals surface area contributed by atoms with Crippen LogP contribution in [0, 0.1) is 42.2 Å². The van der Waals surface area contributed by atoms with Gasteiger partial charge in [0.2, 0.25) is 0 Å². The van der Waals surface area contributed by atoms with E-state index in [0.29, 0.717) is 5.56 Å². The first-order chi connectivity index (χ1) is 16.1. The Labute approximate surface area is 199 Å². The average Bonchev–Trinajstić information content (AvgIpc) is 2.75. The van der Waals surface area contributed by atoms with E-state index in [1.165, 1.54) is 18.2 Å². The standard InChI is InChI=1S/C11H12N2O6.C11H13NO4/c1-6(2)10(14)5-7-3-8(12(16)17)11(15)9(4-7)13(18)19;1-7(2)11(14)6-8-3-4-10(13)9(5-8)12(15)16/h3-4,6,15H,5H2,1-2H3;3-5,7,13H,6H2,1-2H3. The Morgan fingerprint density at radius 1 is 0.714 bits per heavy atom. The van der Waals surface area contributed by atoms with Crippen LogP contribution in [0.15, 0.2) is 30.3 Å². The number of phenolic OH excluding ortho intramolecular Hbond substituents is 2. The average molecular weight is 491 g/mol. The van der Waals surface area contributed by atoms with Crippen molar-refractivity contribution in [1.82, 2.24) is 0 Å². The van der Waals surface area contributed by atoms with E-state index in [2.05, 4.69) is 0 Å². The van der Waals surface area contributed by atoms with Gasteiger partial charge in [0, 0.05) is 42.9 Å². The van der Waals surface area contributed by atoms with Crippen LogP contribution in [-0.4, -0.2) is 36.5 Å². The Morgan fingerprint density at radius 2 is 1.09 bits per heavy atom. The minimum absolute atomic E-state index is 0.0139. The van der Waals surface area contributed by atoms with Crippen LogP contribution in [0.25, 0.3) is 0 Å². The van der Waals surface area contributed by atoms with E-state index in [4.69, 9.17) is 0 Å². The number of phenols is 2. The summed E-state index contributed by atoms with van der Waals surface area (Å²) in [7, 11) is 0. The molecule has 13 nitrogen and oxygen atoms in total. The molecule has 188 valence electrons. The first-order valence-electron chi connectivity index (χ1n) is 10.3. The van der Waals surface area contributed by atoms with Gasteiger partial charge in [0.25, 0.3) is 5.75 Å². The van der Waals surface area contributed by atoms with Gasteiger partial charge in [0.15, 0.2) is 5.75 Å². The molecular weight excluding hydrogens is 466 g/mol. The fourth-order valence-electron chi connectivity index (χ4n) is 2.68. The van der Waals surface area contributed by atoms with E-state index >= 15 is 0 Å². The highest BCUT2D eigenvalue weighted by atomic mass is 16.6. The third-order valence-corrected chi connectivity index (χ3v) is 4.80. The van der Waals surface area contributed by atoms with Crippen LogP contribution in [-0.2, 0) is 22.4 Å². The highest BCUT2D eigenvalue weighted by Gasteiger charge is 2.27. The summed E-state index contributed by atoms with van der Waals surface area (Å²) in [5.41, 5.74) is -1.24. The highest BCUT2D eigenvalue weighted by Crippen LogP contribution is 2.37. The second kappa shape index (κ2) is 12.2. The molecule has 0 fully saturated rings. The van der Waals surface area contributed by atoms with Crippen molar-refractivity contribution in [3.63, 3.8) is 0 Å². The number of hydrogen-bond acceptors (Lipinski definition) is 10. The largest absolute Gasteiger partial charge is 0.502 e. The zero-order valence-corrected chi connectivity index (χ0v) is 19.5. The molecular formula is C22H25N3O10. The van der Waals surface area contributed by atoms with Crippen LogP contribution >= 0.6 is 0 Å². The van der Waals surface area contributed by atoms with Gasteiger partial charge in [0.1, 0.15) is 11.6 Å². The van der Waals surface area contributed by atoms with E-state index in [1.54, 1.807) is 27.7 Å². The summed E-state index contributed by atoms with van der Waals surface area (Å²) in [6.07, 6.45) is -0.00157. The van der Waals surface area contributed by atoms with Crippen molar-refractivity contribution in [3.05, 3.63) is 71.8 Å². The highest BCUT2D eigenvalue weighted by molar-refractivity contribution is 5.83. The maximum Gasteiger partial charge on any atom is 0.318 e. The lowest BCUT2D eigenvalue weighted by Crippen LogP contribution is -2.10. The van der Waals surface area contributed by atoms with Crippen LogP contribution in [0.3, 0.4) is 0 Å². The summed E-state index contributed by atoms with van der Waals surface area (Å²) in [6.45, 7) is 6.87. The molecule has 0 heterocycles. The second-order valence-corrected chi connectivity index (χ2v) is 8.17. The Balaban J connectivity index is 0.000000355.